The highest BCUT2D eigenvalue weighted by Gasteiger charge is 2.30. The maximum atomic E-state index is 2.33. The molecule has 3 aromatic rings. The lowest BCUT2D eigenvalue weighted by atomic mass is 9.87. The molecule has 0 amide bonds. The van der Waals surface area contributed by atoms with Crippen LogP contribution in [0.4, 0.5) is 0 Å². The molecule has 0 aliphatic carbocycles. The van der Waals surface area contributed by atoms with Gasteiger partial charge in [0, 0.05) is 0 Å². The van der Waals surface area contributed by atoms with Crippen molar-refractivity contribution in [1.29, 1.82) is 0 Å². The van der Waals surface area contributed by atoms with Crippen molar-refractivity contribution in [2.24, 2.45) is 0 Å². The first kappa shape index (κ1) is 27.0. The topological polar surface area (TPSA) is 0 Å². The van der Waals surface area contributed by atoms with Gasteiger partial charge in [-0.3, -0.25) is 0 Å². The molecule has 0 atom stereocenters. The fraction of sp³-hybridized carbons (Fsp3) is 0.400. The maximum absolute atomic E-state index is 2.33. The fourth-order valence-electron chi connectivity index (χ4n) is 3.68. The molecule has 0 nitrogen and oxygen atoms in total. The van der Waals surface area contributed by atoms with Crippen LogP contribution in [-0.2, 0) is 27.1 Å². The Bertz CT molecular complexity index is 857. The second-order valence-electron chi connectivity index (χ2n) is 11.6. The van der Waals surface area contributed by atoms with E-state index in [4.69, 9.17) is 0 Å². The minimum absolute atomic E-state index is 0. The molecule has 0 saturated carbocycles. The minimum atomic E-state index is -0.120. The van der Waals surface area contributed by atoms with Crippen LogP contribution in [0.25, 0.3) is 0 Å². The predicted molar refractivity (Wildman–Crippen MR) is 138 cm³/mol. The minimum Gasteiger partial charge on any atom is -1.00 e. The molecule has 0 radical (unpaired) electrons. The summed E-state index contributed by atoms with van der Waals surface area (Å²) in [5.41, 5.74) is 4.64. The molecule has 0 unspecified atom stereocenters. The van der Waals surface area contributed by atoms with Crippen molar-refractivity contribution in [2.75, 3.05) is 0 Å². The fourth-order valence-corrected chi connectivity index (χ4v) is 5.72. The van der Waals surface area contributed by atoms with Crippen LogP contribution in [0, 0.1) is 0 Å². The molecule has 0 N–H and O–H groups in total. The summed E-state index contributed by atoms with van der Waals surface area (Å²) in [6.07, 6.45) is 0. The molecule has 2 heteroatoms. The van der Waals surface area contributed by atoms with Crippen LogP contribution in [0.15, 0.2) is 87.5 Å². The van der Waals surface area contributed by atoms with Crippen LogP contribution in [0.3, 0.4) is 0 Å². The lowest BCUT2D eigenvalue weighted by molar-refractivity contribution is -0.00000767. The summed E-state index contributed by atoms with van der Waals surface area (Å²) in [5, 5.41) is 0. The summed E-state index contributed by atoms with van der Waals surface area (Å²) in [6, 6.07) is 27.8. The van der Waals surface area contributed by atoms with E-state index in [1.165, 1.54) is 31.4 Å². The van der Waals surface area contributed by atoms with Crippen LogP contribution < -0.4 is 24.0 Å². The molecule has 0 bridgehead atoms. The van der Waals surface area contributed by atoms with E-state index in [1.807, 2.05) is 0 Å². The van der Waals surface area contributed by atoms with Crippen molar-refractivity contribution in [3.8, 4) is 0 Å². The van der Waals surface area contributed by atoms with Gasteiger partial charge in [-0.05, 0) is 69.3 Å². The third kappa shape index (κ3) is 6.41. The Morgan fingerprint density at radius 1 is 0.375 bits per heavy atom. The third-order valence-corrected chi connectivity index (χ3v) is 8.10. The van der Waals surface area contributed by atoms with Gasteiger partial charge in [0.05, 0.1) is 10.9 Å². The molecule has 172 valence electrons. The summed E-state index contributed by atoms with van der Waals surface area (Å²) in [5.74, 6) is 0. The highest BCUT2D eigenvalue weighted by Crippen LogP contribution is 2.35. The molecule has 32 heavy (non-hydrogen) atoms. The molecular formula is C30H39IS. The first-order chi connectivity index (χ1) is 14.3. The van der Waals surface area contributed by atoms with Gasteiger partial charge in [0.15, 0.2) is 14.7 Å². The summed E-state index contributed by atoms with van der Waals surface area (Å²) < 4.78 is 0. The van der Waals surface area contributed by atoms with Crippen LogP contribution in [0.2, 0.25) is 0 Å². The lowest BCUT2D eigenvalue weighted by Crippen LogP contribution is -3.00. The zero-order valence-corrected chi connectivity index (χ0v) is 24.2. The Morgan fingerprint density at radius 3 is 0.719 bits per heavy atom. The van der Waals surface area contributed by atoms with Gasteiger partial charge in [0.1, 0.15) is 0 Å². The average Bonchev–Trinajstić information content (AvgIpc) is 2.67. The van der Waals surface area contributed by atoms with Gasteiger partial charge in [-0.1, -0.05) is 98.7 Å². The van der Waals surface area contributed by atoms with Crippen LogP contribution in [-0.4, -0.2) is 0 Å². The van der Waals surface area contributed by atoms with Crippen molar-refractivity contribution < 1.29 is 24.0 Å². The van der Waals surface area contributed by atoms with Crippen molar-refractivity contribution in [3.05, 3.63) is 89.5 Å². The third-order valence-electron chi connectivity index (χ3n) is 5.87. The number of hydrogen-bond donors (Lipinski definition) is 0. The second kappa shape index (κ2) is 9.93. The van der Waals surface area contributed by atoms with E-state index in [9.17, 15) is 0 Å². The molecule has 0 saturated heterocycles. The van der Waals surface area contributed by atoms with Crippen LogP contribution in [0.5, 0.6) is 0 Å². The monoisotopic (exact) mass is 558 g/mol. The van der Waals surface area contributed by atoms with Gasteiger partial charge in [0.25, 0.3) is 0 Å². The zero-order valence-electron chi connectivity index (χ0n) is 21.2. The van der Waals surface area contributed by atoms with E-state index in [2.05, 4.69) is 135 Å². The van der Waals surface area contributed by atoms with E-state index in [0.717, 1.165) is 0 Å². The highest BCUT2D eigenvalue weighted by molar-refractivity contribution is 7.97. The highest BCUT2D eigenvalue weighted by atomic mass is 127. The van der Waals surface area contributed by atoms with E-state index < -0.39 is 0 Å². The normalized spacial score (nSPS) is 12.6. The smallest absolute Gasteiger partial charge is 0.166 e. The number of benzene rings is 3. The Morgan fingerprint density at radius 2 is 0.562 bits per heavy atom. The summed E-state index contributed by atoms with van der Waals surface area (Å²) >= 11 is 0. The molecule has 3 aromatic carbocycles. The molecule has 0 aliphatic rings. The van der Waals surface area contributed by atoms with Gasteiger partial charge in [0.2, 0.25) is 0 Å². The zero-order chi connectivity index (χ0) is 23.0. The summed E-state index contributed by atoms with van der Waals surface area (Å²) in [4.78, 5) is 4.13. The SMILES string of the molecule is CC(C)(C)c1ccc([S+](c2ccc(C(C)(C)C)cc2)c2ccc(C(C)(C)C)cc2)cc1.[I-]. The van der Waals surface area contributed by atoms with Crippen molar-refractivity contribution in [3.63, 3.8) is 0 Å². The molecule has 0 aromatic heterocycles. The second-order valence-corrected chi connectivity index (χ2v) is 13.7. The maximum Gasteiger partial charge on any atom is 0.166 e. The predicted octanol–water partition coefficient (Wildman–Crippen LogP) is 5.68. The van der Waals surface area contributed by atoms with Gasteiger partial charge in [-0.15, -0.1) is 0 Å². The van der Waals surface area contributed by atoms with E-state index in [-0.39, 0.29) is 51.1 Å². The quantitative estimate of drug-likeness (QED) is 0.287. The van der Waals surface area contributed by atoms with Gasteiger partial charge in [-0.25, -0.2) is 0 Å². The first-order valence-electron chi connectivity index (χ1n) is 11.3. The standard InChI is InChI=1S/C30H39S.HI/c1-28(2,3)22-10-16-25(17-11-22)31(26-18-12-23(13-19-26)29(4,5)6)27-20-14-24(15-21-27)30(7,8)9;/h10-21H,1-9H3;1H/q+1;/p-1. The molecule has 0 spiro atoms. The Kier molecular flexibility index (Phi) is 8.37. The number of rotatable bonds is 3. The van der Waals surface area contributed by atoms with Gasteiger partial charge >= 0.3 is 0 Å². The molecule has 0 fully saturated rings. The molecule has 3 rings (SSSR count). The lowest BCUT2D eigenvalue weighted by Gasteiger charge is -2.21. The number of hydrogen-bond acceptors (Lipinski definition) is 0. The van der Waals surface area contributed by atoms with Gasteiger partial charge in [-0.2, -0.15) is 0 Å². The van der Waals surface area contributed by atoms with Crippen LogP contribution in [0.1, 0.15) is 79.0 Å². The van der Waals surface area contributed by atoms with Gasteiger partial charge < -0.3 is 24.0 Å². The van der Waals surface area contributed by atoms with Crippen LogP contribution >= 0.6 is 0 Å². The number of halogens is 1. The van der Waals surface area contributed by atoms with Crippen molar-refractivity contribution in [1.82, 2.24) is 0 Å². The molecule has 0 heterocycles. The summed E-state index contributed by atoms with van der Waals surface area (Å²) in [7, 11) is -0.120. The van der Waals surface area contributed by atoms with E-state index in [0.29, 0.717) is 0 Å². The van der Waals surface area contributed by atoms with E-state index in [1.54, 1.807) is 0 Å². The Hall–Kier alpha value is -1.26. The van der Waals surface area contributed by atoms with Crippen molar-refractivity contribution in [2.45, 2.75) is 93.2 Å². The van der Waals surface area contributed by atoms with E-state index >= 15 is 0 Å². The Balaban J connectivity index is 0.00000363. The summed E-state index contributed by atoms with van der Waals surface area (Å²) in [6.45, 7) is 20.5. The Labute approximate surface area is 216 Å². The van der Waals surface area contributed by atoms with Crippen molar-refractivity contribution >= 4 is 10.9 Å². The largest absolute Gasteiger partial charge is 1.00 e. The molecular weight excluding hydrogens is 519 g/mol. The average molecular weight is 559 g/mol. The first-order valence-corrected chi connectivity index (χ1v) is 12.6. The molecule has 0 aliphatic heterocycles.